The maximum atomic E-state index is 12.5. The van der Waals surface area contributed by atoms with Crippen molar-refractivity contribution < 1.29 is 15.0 Å². The van der Waals surface area contributed by atoms with Crippen molar-refractivity contribution in [2.24, 2.45) is 43.8 Å². The van der Waals surface area contributed by atoms with Gasteiger partial charge in [-0.1, -0.05) is 84.9 Å². The molecule has 2 heterocycles. The Hall–Kier alpha value is -6.58. The quantitative estimate of drug-likeness (QED) is 0.0662. The summed E-state index contributed by atoms with van der Waals surface area (Å²) in [4.78, 5) is 45.6. The van der Waals surface area contributed by atoms with E-state index in [4.69, 9.17) is 5.73 Å². The van der Waals surface area contributed by atoms with Gasteiger partial charge in [0.15, 0.2) is 5.69 Å². The fourth-order valence-electron chi connectivity index (χ4n) is 7.57. The van der Waals surface area contributed by atoms with Crippen LogP contribution in [0.5, 0.6) is 5.75 Å². The molecular formula is C41H49N9O7. The molecule has 0 aliphatic rings. The molecule has 0 spiro atoms. The number of rotatable bonds is 8. The smallest absolute Gasteiger partial charge is 0.328 e. The molecule has 0 aliphatic carbocycles. The van der Waals surface area contributed by atoms with Crippen molar-refractivity contribution in [2.75, 3.05) is 5.73 Å². The van der Waals surface area contributed by atoms with E-state index in [9.17, 15) is 34.9 Å². The second-order valence-corrected chi connectivity index (χ2v) is 16.7. The van der Waals surface area contributed by atoms with Crippen LogP contribution in [0.15, 0.2) is 86.5 Å². The van der Waals surface area contributed by atoms with Gasteiger partial charge in [0.25, 0.3) is 11.4 Å². The van der Waals surface area contributed by atoms with Crippen LogP contribution in [0.3, 0.4) is 0 Å². The number of aryl methyl sites for hydroxylation is 4. The van der Waals surface area contributed by atoms with Crippen LogP contribution in [0.2, 0.25) is 0 Å². The number of imidazole rings is 2. The summed E-state index contributed by atoms with van der Waals surface area (Å²) in [6, 6.07) is 19.4. The lowest BCUT2D eigenvalue weighted by Gasteiger charge is -2.35. The Morgan fingerprint density at radius 1 is 0.649 bits per heavy atom. The Labute approximate surface area is 328 Å². The van der Waals surface area contributed by atoms with E-state index >= 15 is 0 Å². The first-order valence-electron chi connectivity index (χ1n) is 18.2. The topological polar surface area (TPSA) is 211 Å². The number of nitrogens with zero attached hydrogens (tertiary/aromatic N) is 8. The van der Waals surface area contributed by atoms with E-state index in [2.05, 4.69) is 44.8 Å². The zero-order chi connectivity index (χ0) is 42.5. The largest absolute Gasteiger partial charge is 0.505 e. The predicted molar refractivity (Wildman–Crippen MR) is 222 cm³/mol. The number of phenols is 1. The highest BCUT2D eigenvalue weighted by molar-refractivity contribution is 5.85. The number of nitrogen functional groups attached to an aromatic ring is 1. The van der Waals surface area contributed by atoms with Crippen LogP contribution in [0, 0.1) is 25.6 Å². The maximum absolute atomic E-state index is 12.5. The summed E-state index contributed by atoms with van der Waals surface area (Å²) >= 11 is 0. The zero-order valence-corrected chi connectivity index (χ0v) is 34.1. The van der Waals surface area contributed by atoms with Crippen LogP contribution in [0.4, 0.5) is 28.4 Å². The van der Waals surface area contributed by atoms with Crippen molar-refractivity contribution >= 4 is 50.5 Å². The van der Waals surface area contributed by atoms with Gasteiger partial charge in [0.2, 0.25) is 0 Å². The number of nitro groups is 2. The molecule has 57 heavy (non-hydrogen) atoms. The minimum Gasteiger partial charge on any atom is -0.505 e. The van der Waals surface area contributed by atoms with E-state index in [1.165, 1.54) is 42.5 Å². The third kappa shape index (κ3) is 7.92. The Balaban J connectivity index is 0.000000322. The van der Waals surface area contributed by atoms with Crippen LogP contribution in [0.1, 0.15) is 71.6 Å². The molecule has 2 aromatic heterocycles. The third-order valence-electron chi connectivity index (χ3n) is 10.5. The van der Waals surface area contributed by atoms with Gasteiger partial charge in [0.1, 0.15) is 17.1 Å². The first-order valence-corrected chi connectivity index (χ1v) is 18.2. The van der Waals surface area contributed by atoms with E-state index in [1.54, 1.807) is 28.2 Å². The Morgan fingerprint density at radius 2 is 1.11 bits per heavy atom. The number of anilines is 1. The van der Waals surface area contributed by atoms with E-state index < -0.39 is 15.3 Å². The highest BCUT2D eigenvalue weighted by atomic mass is 16.6. The molecule has 0 bridgehead atoms. The fraction of sp³-hybridized carbons (Fsp3) is 0.366. The monoisotopic (exact) mass is 779 g/mol. The van der Waals surface area contributed by atoms with Crippen LogP contribution < -0.4 is 17.1 Å². The van der Waals surface area contributed by atoms with E-state index in [1.807, 2.05) is 56.3 Å². The molecule has 0 unspecified atom stereocenters. The number of benzene rings is 4. The summed E-state index contributed by atoms with van der Waals surface area (Å²) in [5, 5.41) is 42.9. The molecule has 3 N–H and O–H groups in total. The molecule has 0 atom stereocenters. The number of hydrogen-bond donors (Lipinski definition) is 2. The minimum absolute atomic E-state index is 0.00803. The van der Waals surface area contributed by atoms with Gasteiger partial charge in [-0.05, 0) is 46.6 Å². The lowest BCUT2D eigenvalue weighted by molar-refractivity contribution is -0.384. The molecular weight excluding hydrogens is 731 g/mol. The summed E-state index contributed by atoms with van der Waals surface area (Å²) in [6.07, 6.45) is 0.872. The molecule has 0 saturated carbocycles. The van der Waals surface area contributed by atoms with Gasteiger partial charge < -0.3 is 10.8 Å². The number of aromatic hydroxyl groups is 1. The van der Waals surface area contributed by atoms with E-state index in [0.717, 1.165) is 17.5 Å². The van der Waals surface area contributed by atoms with Crippen LogP contribution in [-0.2, 0) is 39.0 Å². The summed E-state index contributed by atoms with van der Waals surface area (Å²) in [5.74, 6) is -0.0336. The Kier molecular flexibility index (Phi) is 10.8. The lowest BCUT2D eigenvalue weighted by atomic mass is 9.70. The number of azo groups is 1. The molecule has 6 rings (SSSR count). The van der Waals surface area contributed by atoms with Crippen molar-refractivity contribution in [1.29, 1.82) is 0 Å². The number of nitrogens with two attached hydrogens (primary N) is 1. The van der Waals surface area contributed by atoms with Gasteiger partial charge in [-0.3, -0.25) is 38.5 Å². The third-order valence-corrected chi connectivity index (χ3v) is 10.5. The first kappa shape index (κ1) is 41.6. The maximum Gasteiger partial charge on any atom is 0.328 e. The highest BCUT2D eigenvalue weighted by Gasteiger charge is 2.33. The zero-order valence-electron chi connectivity index (χ0n) is 34.1. The number of hydrogen-bond acceptors (Lipinski definition) is 10. The summed E-state index contributed by atoms with van der Waals surface area (Å²) in [5.41, 5.74) is 8.68. The molecule has 0 saturated heterocycles. The molecule has 0 amide bonds. The van der Waals surface area contributed by atoms with Crippen LogP contribution in [-0.4, -0.2) is 33.2 Å². The second-order valence-electron chi connectivity index (χ2n) is 16.7. The highest BCUT2D eigenvalue weighted by Crippen LogP contribution is 2.47. The SMILES string of the molecule is Cn1c(=O)n(C)c2cc([N+](=O)[O-])c(N)cc21.Cn1c(=O)n(C)c2cc([N+](=O)[O-])c(N=Nc3cc(C(C)(C)CC(C)(C)C)cc(C(C)(C)c4ccccc4)c3O)cc21. The van der Waals surface area contributed by atoms with Gasteiger partial charge >= 0.3 is 11.4 Å². The number of aromatic nitrogens is 4. The minimum atomic E-state index is -0.573. The predicted octanol–water partition coefficient (Wildman–Crippen LogP) is 8.31. The van der Waals surface area contributed by atoms with Crippen molar-refractivity contribution in [3.05, 3.63) is 125 Å². The van der Waals surface area contributed by atoms with Crippen LogP contribution in [0.25, 0.3) is 22.1 Å². The van der Waals surface area contributed by atoms with E-state index in [-0.39, 0.29) is 56.4 Å². The average Bonchev–Trinajstić information content (AvgIpc) is 3.47. The molecule has 16 heteroatoms. The number of fused-ring (bicyclic) bond motifs is 2. The van der Waals surface area contributed by atoms with Crippen LogP contribution >= 0.6 is 0 Å². The van der Waals surface area contributed by atoms with Crippen molar-refractivity contribution in [2.45, 2.75) is 65.7 Å². The standard InChI is InChI=1S/C32H39N5O4.C9H10N4O3/c1-30(2,3)19-31(4,5)21-15-22(32(6,7)20-13-11-10-12-14-20)28(38)24(16-21)34-33-23-17-26-27(18-25(23)37(40)41)36(9)29(39)35(26)8;1-11-7-3-5(10)6(13(15)16)4-8(7)12(2)9(11)14/h10-18,38H,19H2,1-9H3;3-4H,10H2,1-2H3. The molecule has 4 aromatic carbocycles. The van der Waals surface area contributed by atoms with Gasteiger partial charge in [0, 0.05) is 51.3 Å². The summed E-state index contributed by atoms with van der Waals surface area (Å²) in [7, 11) is 6.32. The Morgan fingerprint density at radius 3 is 1.60 bits per heavy atom. The first-order chi connectivity index (χ1) is 26.4. The number of nitro benzene ring substituents is 2. The normalized spacial score (nSPS) is 12.3. The average molecular weight is 780 g/mol. The molecule has 0 aliphatic heterocycles. The number of phenolic OH excluding ortho intramolecular Hbond substituents is 1. The molecule has 300 valence electrons. The van der Waals surface area contributed by atoms with Crippen molar-refractivity contribution in [3.63, 3.8) is 0 Å². The van der Waals surface area contributed by atoms with Gasteiger partial charge in [-0.25, -0.2) is 9.59 Å². The summed E-state index contributed by atoms with van der Waals surface area (Å²) in [6.45, 7) is 15.0. The van der Waals surface area contributed by atoms with E-state index in [0.29, 0.717) is 27.6 Å². The van der Waals surface area contributed by atoms with Gasteiger partial charge in [0.05, 0.1) is 31.9 Å². The summed E-state index contributed by atoms with van der Waals surface area (Å²) < 4.78 is 5.51. The molecule has 0 radical (unpaired) electrons. The Bertz CT molecular complexity index is 2710. The molecule has 16 nitrogen and oxygen atoms in total. The fourth-order valence-corrected chi connectivity index (χ4v) is 7.57. The second kappa shape index (κ2) is 14.8. The van der Waals surface area contributed by atoms with Crippen molar-refractivity contribution in [3.8, 4) is 5.75 Å². The van der Waals surface area contributed by atoms with Gasteiger partial charge in [-0.2, -0.15) is 0 Å². The molecule has 6 aromatic rings. The molecule has 0 fully saturated rings. The van der Waals surface area contributed by atoms with Gasteiger partial charge in [-0.15, -0.1) is 10.2 Å². The lowest BCUT2D eigenvalue weighted by Crippen LogP contribution is -2.26. The van der Waals surface area contributed by atoms with Crippen molar-refractivity contribution in [1.82, 2.24) is 18.3 Å².